The molecule has 1 amide bonds. The van der Waals surface area contributed by atoms with E-state index in [0.717, 1.165) is 31.1 Å². The number of benzene rings is 2. The summed E-state index contributed by atoms with van der Waals surface area (Å²) in [5.41, 5.74) is 2.96. The third-order valence-electron chi connectivity index (χ3n) is 5.25. The summed E-state index contributed by atoms with van der Waals surface area (Å²) in [5, 5.41) is 3.57. The van der Waals surface area contributed by atoms with E-state index >= 15 is 0 Å². The molecule has 1 N–H and O–H groups in total. The SMILES string of the molecule is COc1cccc(C(C)NCC2CN(c3cccc(C(=O)N(C)C)c3)CCO2)c1. The number of hydrogen-bond acceptors (Lipinski definition) is 5. The first kappa shape index (κ1) is 21.1. The quantitative estimate of drug-likeness (QED) is 0.779. The van der Waals surface area contributed by atoms with Gasteiger partial charge in [-0.15, -0.1) is 0 Å². The predicted molar refractivity (Wildman–Crippen MR) is 116 cm³/mol. The highest BCUT2D eigenvalue weighted by atomic mass is 16.5. The van der Waals surface area contributed by atoms with Gasteiger partial charge in [0.25, 0.3) is 5.91 Å². The second kappa shape index (κ2) is 9.76. The van der Waals surface area contributed by atoms with E-state index < -0.39 is 0 Å². The largest absolute Gasteiger partial charge is 0.497 e. The Balaban J connectivity index is 1.59. The maximum atomic E-state index is 12.3. The molecule has 1 saturated heterocycles. The van der Waals surface area contributed by atoms with Crippen molar-refractivity contribution in [2.24, 2.45) is 0 Å². The van der Waals surface area contributed by atoms with Crippen molar-refractivity contribution in [2.45, 2.75) is 19.1 Å². The Labute approximate surface area is 173 Å². The molecule has 0 saturated carbocycles. The first-order chi connectivity index (χ1) is 14.0. The Kier molecular flexibility index (Phi) is 7.12. The second-order valence-corrected chi connectivity index (χ2v) is 7.60. The number of carbonyl (C=O) groups excluding carboxylic acids is 1. The van der Waals surface area contributed by atoms with E-state index in [2.05, 4.69) is 35.3 Å². The zero-order valence-electron chi connectivity index (χ0n) is 17.7. The van der Waals surface area contributed by atoms with Gasteiger partial charge >= 0.3 is 0 Å². The molecular formula is C23H31N3O3. The number of morpholine rings is 1. The van der Waals surface area contributed by atoms with Gasteiger partial charge in [0.05, 0.1) is 19.8 Å². The number of nitrogens with one attached hydrogen (secondary N) is 1. The topological polar surface area (TPSA) is 54.0 Å². The fourth-order valence-corrected chi connectivity index (χ4v) is 3.51. The number of hydrogen-bond donors (Lipinski definition) is 1. The van der Waals surface area contributed by atoms with Gasteiger partial charge in [-0.3, -0.25) is 4.79 Å². The highest BCUT2D eigenvalue weighted by molar-refractivity contribution is 5.94. The Morgan fingerprint density at radius 2 is 2.07 bits per heavy atom. The predicted octanol–water partition coefficient (Wildman–Crippen LogP) is 2.95. The van der Waals surface area contributed by atoms with Crippen molar-refractivity contribution in [3.05, 3.63) is 59.7 Å². The number of nitrogens with zero attached hydrogens (tertiary/aromatic N) is 2. The number of rotatable bonds is 7. The zero-order chi connectivity index (χ0) is 20.8. The molecule has 3 rings (SSSR count). The van der Waals surface area contributed by atoms with Crippen LogP contribution >= 0.6 is 0 Å². The van der Waals surface area contributed by atoms with Crippen LogP contribution in [-0.4, -0.2) is 64.4 Å². The summed E-state index contributed by atoms with van der Waals surface area (Å²) < 4.78 is 11.3. The van der Waals surface area contributed by atoms with Gasteiger partial charge in [0.1, 0.15) is 5.75 Å². The van der Waals surface area contributed by atoms with Gasteiger partial charge in [-0.2, -0.15) is 0 Å². The molecule has 0 aliphatic carbocycles. The van der Waals surface area contributed by atoms with Gasteiger partial charge in [0.15, 0.2) is 0 Å². The summed E-state index contributed by atoms with van der Waals surface area (Å²) in [6.07, 6.45) is 0.0880. The van der Waals surface area contributed by atoms with Crippen LogP contribution < -0.4 is 15.0 Å². The summed E-state index contributed by atoms with van der Waals surface area (Å²) in [5.74, 6) is 0.883. The van der Waals surface area contributed by atoms with Crippen molar-refractivity contribution in [1.29, 1.82) is 0 Å². The Bertz CT molecular complexity index is 825. The minimum absolute atomic E-state index is 0.0189. The van der Waals surface area contributed by atoms with Crippen LogP contribution in [0.15, 0.2) is 48.5 Å². The third-order valence-corrected chi connectivity index (χ3v) is 5.25. The van der Waals surface area contributed by atoms with Crippen molar-refractivity contribution < 1.29 is 14.3 Å². The molecule has 156 valence electrons. The number of methoxy groups -OCH3 is 1. The molecule has 29 heavy (non-hydrogen) atoms. The summed E-state index contributed by atoms with van der Waals surface area (Å²) >= 11 is 0. The highest BCUT2D eigenvalue weighted by Gasteiger charge is 2.22. The van der Waals surface area contributed by atoms with Crippen molar-refractivity contribution in [1.82, 2.24) is 10.2 Å². The molecule has 0 bridgehead atoms. The van der Waals surface area contributed by atoms with Crippen molar-refractivity contribution in [3.8, 4) is 5.75 Å². The van der Waals surface area contributed by atoms with E-state index in [1.54, 1.807) is 26.1 Å². The van der Waals surface area contributed by atoms with Crippen LogP contribution in [0.25, 0.3) is 0 Å². The third kappa shape index (κ3) is 5.49. The van der Waals surface area contributed by atoms with Gasteiger partial charge in [0.2, 0.25) is 0 Å². The van der Waals surface area contributed by atoms with Gasteiger partial charge in [-0.25, -0.2) is 0 Å². The van der Waals surface area contributed by atoms with Crippen molar-refractivity contribution in [3.63, 3.8) is 0 Å². The molecule has 2 aromatic rings. The van der Waals surface area contributed by atoms with E-state index in [0.29, 0.717) is 12.2 Å². The molecule has 6 nitrogen and oxygen atoms in total. The standard InChI is InChI=1S/C23H31N3O3/c1-17(18-7-6-10-21(14-18)28-4)24-15-22-16-26(11-12-29-22)20-9-5-8-19(13-20)23(27)25(2)3/h5-10,13-14,17,22,24H,11-12,15-16H2,1-4H3. The van der Waals surface area contributed by atoms with Crippen molar-refractivity contribution in [2.75, 3.05) is 52.3 Å². The highest BCUT2D eigenvalue weighted by Crippen LogP contribution is 2.21. The summed E-state index contributed by atoms with van der Waals surface area (Å²) in [4.78, 5) is 16.2. The molecule has 0 radical (unpaired) electrons. The van der Waals surface area contributed by atoms with Gasteiger partial charge in [0, 0.05) is 51.0 Å². The first-order valence-electron chi connectivity index (χ1n) is 10.0. The molecule has 1 aliphatic heterocycles. The lowest BCUT2D eigenvalue weighted by Gasteiger charge is -2.35. The number of ether oxygens (including phenoxy) is 2. The van der Waals surface area contributed by atoms with Crippen molar-refractivity contribution >= 4 is 11.6 Å². The Morgan fingerprint density at radius 1 is 1.28 bits per heavy atom. The van der Waals surface area contributed by atoms with E-state index in [1.165, 1.54) is 5.56 Å². The molecule has 1 heterocycles. The van der Waals surface area contributed by atoms with E-state index in [4.69, 9.17) is 9.47 Å². The average molecular weight is 398 g/mol. The normalized spacial score (nSPS) is 17.7. The first-order valence-corrected chi connectivity index (χ1v) is 10.0. The molecule has 2 atom stereocenters. The summed E-state index contributed by atoms with van der Waals surface area (Å²) in [7, 11) is 5.23. The van der Waals surface area contributed by atoms with E-state index in [-0.39, 0.29) is 18.1 Å². The number of carbonyl (C=O) groups is 1. The zero-order valence-corrected chi connectivity index (χ0v) is 17.7. The fourth-order valence-electron chi connectivity index (χ4n) is 3.51. The minimum atomic E-state index is 0.0189. The van der Waals surface area contributed by atoms with Crippen LogP contribution in [0.1, 0.15) is 28.9 Å². The molecular weight excluding hydrogens is 366 g/mol. The second-order valence-electron chi connectivity index (χ2n) is 7.60. The lowest BCUT2D eigenvalue weighted by Crippen LogP contribution is -2.47. The van der Waals surface area contributed by atoms with Crippen LogP contribution in [0.2, 0.25) is 0 Å². The smallest absolute Gasteiger partial charge is 0.253 e. The maximum absolute atomic E-state index is 12.3. The lowest BCUT2D eigenvalue weighted by atomic mass is 10.1. The number of anilines is 1. The number of amides is 1. The summed E-state index contributed by atoms with van der Waals surface area (Å²) in [6, 6.07) is 16.1. The molecule has 1 aliphatic rings. The van der Waals surface area contributed by atoms with Gasteiger partial charge in [-0.05, 0) is 42.8 Å². The van der Waals surface area contributed by atoms with Crippen LogP contribution in [0.4, 0.5) is 5.69 Å². The van der Waals surface area contributed by atoms with Crippen LogP contribution in [0, 0.1) is 0 Å². The average Bonchev–Trinajstić information content (AvgIpc) is 2.77. The fraction of sp³-hybridized carbons (Fsp3) is 0.435. The molecule has 2 aromatic carbocycles. The maximum Gasteiger partial charge on any atom is 0.253 e. The van der Waals surface area contributed by atoms with Crippen LogP contribution in [-0.2, 0) is 4.74 Å². The Morgan fingerprint density at radius 3 is 2.83 bits per heavy atom. The molecule has 2 unspecified atom stereocenters. The minimum Gasteiger partial charge on any atom is -0.497 e. The summed E-state index contributed by atoms with van der Waals surface area (Å²) in [6.45, 7) is 5.18. The molecule has 0 spiro atoms. The lowest BCUT2D eigenvalue weighted by molar-refractivity contribution is 0.0394. The monoisotopic (exact) mass is 397 g/mol. The molecule has 1 fully saturated rings. The van der Waals surface area contributed by atoms with Crippen LogP contribution in [0.5, 0.6) is 5.75 Å². The van der Waals surface area contributed by atoms with Crippen LogP contribution in [0.3, 0.4) is 0 Å². The molecule has 6 heteroatoms. The van der Waals surface area contributed by atoms with E-state index in [1.807, 2.05) is 30.3 Å². The van der Waals surface area contributed by atoms with Gasteiger partial charge < -0.3 is 24.6 Å². The van der Waals surface area contributed by atoms with Gasteiger partial charge in [-0.1, -0.05) is 18.2 Å². The molecule has 0 aromatic heterocycles. The Hall–Kier alpha value is -2.57. The van der Waals surface area contributed by atoms with E-state index in [9.17, 15) is 4.79 Å².